The standard InChI is InChI=1S/C57H98O6/c1-4-7-10-13-16-19-22-24-26-27-28-29-31-33-36-39-42-45-48-51-57(60)63-54(52-61-55(58)49-46-43-40-37-34-21-18-15-12-9-6-3)53-62-56(59)50-47-44-41-38-35-32-30-25-23-20-17-14-11-8-5-2/h7,10,16,19,24,26,28-29,33,36,42,45,54H,4-6,8-9,11-15,17-18,20-23,25,27,30-32,34-35,37-41,43-44,46-53H2,1-3H3/b10-7-,19-16-,26-24-,29-28-,36-33-,45-42-/t54-/m0/s1. The van der Waals surface area contributed by atoms with Crippen molar-refractivity contribution in [3.8, 4) is 0 Å². The Bertz CT molecular complexity index is 1190. The first kappa shape index (κ1) is 59.9. The van der Waals surface area contributed by atoms with Crippen LogP contribution in [0.2, 0.25) is 0 Å². The van der Waals surface area contributed by atoms with Gasteiger partial charge in [-0.2, -0.15) is 0 Å². The molecule has 0 rings (SSSR count). The quantitative estimate of drug-likeness (QED) is 0.0262. The highest BCUT2D eigenvalue weighted by molar-refractivity contribution is 5.71. The molecule has 0 fully saturated rings. The van der Waals surface area contributed by atoms with Gasteiger partial charge in [-0.05, 0) is 57.8 Å². The number of hydrogen-bond acceptors (Lipinski definition) is 6. The molecule has 0 unspecified atom stereocenters. The highest BCUT2D eigenvalue weighted by atomic mass is 16.6. The molecule has 0 radical (unpaired) electrons. The van der Waals surface area contributed by atoms with Crippen molar-refractivity contribution in [2.24, 2.45) is 0 Å². The molecule has 0 aliphatic carbocycles. The second-order valence-electron chi connectivity index (χ2n) is 17.4. The van der Waals surface area contributed by atoms with Gasteiger partial charge in [-0.15, -0.1) is 0 Å². The van der Waals surface area contributed by atoms with E-state index in [0.29, 0.717) is 19.3 Å². The lowest BCUT2D eigenvalue weighted by Crippen LogP contribution is -2.30. The van der Waals surface area contributed by atoms with Crippen molar-refractivity contribution >= 4 is 17.9 Å². The number of ether oxygens (including phenoxy) is 3. The van der Waals surface area contributed by atoms with E-state index in [1.807, 2.05) is 6.08 Å². The average Bonchev–Trinajstić information content (AvgIpc) is 3.28. The lowest BCUT2D eigenvalue weighted by molar-refractivity contribution is -0.166. The van der Waals surface area contributed by atoms with Gasteiger partial charge in [0.15, 0.2) is 6.10 Å². The Hall–Kier alpha value is -3.15. The Morgan fingerprint density at radius 2 is 0.619 bits per heavy atom. The van der Waals surface area contributed by atoms with Gasteiger partial charge in [0.2, 0.25) is 0 Å². The Morgan fingerprint density at radius 1 is 0.333 bits per heavy atom. The van der Waals surface area contributed by atoms with Crippen molar-refractivity contribution in [1.82, 2.24) is 0 Å². The maximum absolute atomic E-state index is 12.8. The predicted octanol–water partition coefficient (Wildman–Crippen LogP) is 17.4. The molecule has 1 atom stereocenters. The number of allylic oxidation sites excluding steroid dienone is 12. The number of hydrogen-bond donors (Lipinski definition) is 0. The summed E-state index contributed by atoms with van der Waals surface area (Å²) in [6, 6.07) is 0. The molecule has 0 N–H and O–H groups in total. The molecule has 0 heterocycles. The molecule has 63 heavy (non-hydrogen) atoms. The van der Waals surface area contributed by atoms with Crippen LogP contribution in [0.15, 0.2) is 72.9 Å². The summed E-state index contributed by atoms with van der Waals surface area (Å²) in [4.78, 5) is 37.9. The Balaban J connectivity index is 4.47. The second-order valence-corrected chi connectivity index (χ2v) is 17.4. The average molecular weight is 879 g/mol. The fraction of sp³-hybridized carbons (Fsp3) is 0.737. The van der Waals surface area contributed by atoms with Crippen LogP contribution in [-0.4, -0.2) is 37.2 Å². The first-order chi connectivity index (χ1) is 31.0. The van der Waals surface area contributed by atoms with E-state index in [9.17, 15) is 14.4 Å². The third kappa shape index (κ3) is 49.7. The van der Waals surface area contributed by atoms with Crippen molar-refractivity contribution in [1.29, 1.82) is 0 Å². The van der Waals surface area contributed by atoms with E-state index >= 15 is 0 Å². The van der Waals surface area contributed by atoms with Crippen molar-refractivity contribution in [2.75, 3.05) is 13.2 Å². The Kier molecular flexibility index (Phi) is 48.9. The van der Waals surface area contributed by atoms with E-state index < -0.39 is 6.10 Å². The first-order valence-corrected chi connectivity index (χ1v) is 26.4. The number of unbranched alkanes of at least 4 members (excludes halogenated alkanes) is 24. The van der Waals surface area contributed by atoms with E-state index in [4.69, 9.17) is 14.2 Å². The summed E-state index contributed by atoms with van der Waals surface area (Å²) in [5.74, 6) is -0.982. The predicted molar refractivity (Wildman–Crippen MR) is 270 cm³/mol. The smallest absolute Gasteiger partial charge is 0.306 e. The van der Waals surface area contributed by atoms with Crippen molar-refractivity contribution < 1.29 is 28.6 Å². The molecule has 0 aromatic heterocycles. The number of carbonyl (C=O) groups excluding carboxylic acids is 3. The molecule has 0 spiro atoms. The molecule has 0 aliphatic rings. The van der Waals surface area contributed by atoms with E-state index in [1.165, 1.54) is 128 Å². The monoisotopic (exact) mass is 879 g/mol. The van der Waals surface area contributed by atoms with Crippen LogP contribution in [0.1, 0.15) is 252 Å². The van der Waals surface area contributed by atoms with Gasteiger partial charge in [0.25, 0.3) is 0 Å². The highest BCUT2D eigenvalue weighted by Crippen LogP contribution is 2.15. The number of esters is 3. The molecule has 0 aromatic carbocycles. The van der Waals surface area contributed by atoms with Crippen molar-refractivity contribution in [3.63, 3.8) is 0 Å². The topological polar surface area (TPSA) is 78.9 Å². The van der Waals surface area contributed by atoms with E-state index in [2.05, 4.69) is 87.6 Å². The molecular weight excluding hydrogens is 781 g/mol. The van der Waals surface area contributed by atoms with Crippen LogP contribution in [0.4, 0.5) is 0 Å². The molecule has 0 saturated heterocycles. The van der Waals surface area contributed by atoms with Gasteiger partial charge in [0.1, 0.15) is 13.2 Å². The molecule has 0 amide bonds. The van der Waals surface area contributed by atoms with Gasteiger partial charge in [-0.1, -0.05) is 248 Å². The van der Waals surface area contributed by atoms with Crippen LogP contribution in [0.3, 0.4) is 0 Å². The van der Waals surface area contributed by atoms with Gasteiger partial charge < -0.3 is 14.2 Å². The van der Waals surface area contributed by atoms with Crippen LogP contribution in [-0.2, 0) is 28.6 Å². The summed E-state index contributed by atoms with van der Waals surface area (Å²) >= 11 is 0. The van der Waals surface area contributed by atoms with Gasteiger partial charge in [-0.25, -0.2) is 0 Å². The lowest BCUT2D eigenvalue weighted by Gasteiger charge is -2.18. The minimum atomic E-state index is -0.811. The number of rotatable bonds is 47. The molecule has 0 bridgehead atoms. The third-order valence-corrected chi connectivity index (χ3v) is 11.2. The molecule has 6 nitrogen and oxygen atoms in total. The van der Waals surface area contributed by atoms with Crippen LogP contribution < -0.4 is 0 Å². The largest absolute Gasteiger partial charge is 0.462 e. The second kappa shape index (κ2) is 51.5. The summed E-state index contributed by atoms with van der Waals surface area (Å²) in [6.07, 6.45) is 64.7. The minimum Gasteiger partial charge on any atom is -0.462 e. The van der Waals surface area contributed by atoms with Crippen molar-refractivity contribution in [2.45, 2.75) is 258 Å². The maximum atomic E-state index is 12.8. The molecule has 0 saturated carbocycles. The van der Waals surface area contributed by atoms with Crippen molar-refractivity contribution in [3.05, 3.63) is 72.9 Å². The molecule has 0 aliphatic heterocycles. The molecule has 0 aromatic rings. The van der Waals surface area contributed by atoms with Gasteiger partial charge in [0, 0.05) is 19.3 Å². The normalized spacial score (nSPS) is 12.6. The van der Waals surface area contributed by atoms with Gasteiger partial charge in [0.05, 0.1) is 0 Å². The summed E-state index contributed by atoms with van der Waals surface area (Å²) in [6.45, 7) is 6.47. The Labute approximate surface area is 389 Å². The highest BCUT2D eigenvalue weighted by Gasteiger charge is 2.19. The Morgan fingerprint density at radius 3 is 0.937 bits per heavy atom. The van der Waals surface area contributed by atoms with Gasteiger partial charge in [-0.3, -0.25) is 14.4 Å². The third-order valence-electron chi connectivity index (χ3n) is 11.2. The molecule has 6 heteroatoms. The zero-order chi connectivity index (χ0) is 45.8. The van der Waals surface area contributed by atoms with Crippen LogP contribution >= 0.6 is 0 Å². The fourth-order valence-corrected chi connectivity index (χ4v) is 7.29. The zero-order valence-electron chi connectivity index (χ0n) is 41.3. The summed E-state index contributed by atoms with van der Waals surface area (Å²) in [7, 11) is 0. The number of carbonyl (C=O) groups is 3. The lowest BCUT2D eigenvalue weighted by atomic mass is 10.0. The summed E-state index contributed by atoms with van der Waals surface area (Å²) < 4.78 is 16.7. The van der Waals surface area contributed by atoms with Crippen LogP contribution in [0, 0.1) is 0 Å². The van der Waals surface area contributed by atoms with E-state index in [-0.39, 0.29) is 37.5 Å². The van der Waals surface area contributed by atoms with E-state index in [1.54, 1.807) is 0 Å². The minimum absolute atomic E-state index is 0.102. The maximum Gasteiger partial charge on any atom is 0.306 e. The summed E-state index contributed by atoms with van der Waals surface area (Å²) in [5, 5.41) is 0. The van der Waals surface area contributed by atoms with Gasteiger partial charge >= 0.3 is 17.9 Å². The zero-order valence-corrected chi connectivity index (χ0v) is 41.3. The fourth-order valence-electron chi connectivity index (χ4n) is 7.29. The molecular formula is C57H98O6. The van der Waals surface area contributed by atoms with Crippen LogP contribution in [0.5, 0.6) is 0 Å². The summed E-state index contributed by atoms with van der Waals surface area (Å²) in [5.41, 5.74) is 0. The molecule has 362 valence electrons. The van der Waals surface area contributed by atoms with E-state index in [0.717, 1.165) is 77.0 Å². The van der Waals surface area contributed by atoms with Crippen LogP contribution in [0.25, 0.3) is 0 Å². The first-order valence-electron chi connectivity index (χ1n) is 26.4. The SMILES string of the molecule is CC/C=C\C/C=C\C/C=C\C/C=C\C/C=C\C/C=C\CCC(=O)O[C@@H](COC(=O)CCCCCCCCCCCCC)COC(=O)CCCCCCCCCCCCCCCCC.